The Bertz CT molecular complexity index is 354. The van der Waals surface area contributed by atoms with Gasteiger partial charge >= 0.3 is 5.97 Å². The number of carbonyl (C=O) groups is 1. The maximum Gasteiger partial charge on any atom is 0.306 e. The average molecular weight is 202 g/mol. The zero-order valence-corrected chi connectivity index (χ0v) is 8.56. The first-order chi connectivity index (χ1) is 7.34. The van der Waals surface area contributed by atoms with Crippen molar-refractivity contribution in [1.29, 1.82) is 0 Å². The van der Waals surface area contributed by atoms with Gasteiger partial charge in [-0.15, -0.1) is 0 Å². The Morgan fingerprint density at radius 2 is 2.07 bits per heavy atom. The van der Waals surface area contributed by atoms with Gasteiger partial charge in [-0.3, -0.25) is 4.79 Å². The van der Waals surface area contributed by atoms with Gasteiger partial charge < -0.3 is 4.74 Å². The van der Waals surface area contributed by atoms with E-state index < -0.39 is 0 Å². The molecule has 2 nitrogen and oxygen atoms in total. The molecule has 0 aliphatic carbocycles. The second-order valence-electron chi connectivity index (χ2n) is 3.69. The lowest BCUT2D eigenvalue weighted by molar-refractivity contribution is -0.150. The van der Waals surface area contributed by atoms with Crippen LogP contribution in [0.5, 0.6) is 0 Å². The minimum Gasteiger partial charge on any atom is -0.458 e. The highest BCUT2D eigenvalue weighted by Crippen LogP contribution is 2.16. The summed E-state index contributed by atoms with van der Waals surface area (Å²) in [6.07, 6.45) is 6.37. The summed E-state index contributed by atoms with van der Waals surface area (Å²) >= 11 is 0. The summed E-state index contributed by atoms with van der Waals surface area (Å²) in [5, 5.41) is 0. The number of rotatable bonds is 2. The predicted octanol–water partition coefficient (Wildman–Crippen LogP) is 2.80. The molecule has 2 rings (SSSR count). The summed E-state index contributed by atoms with van der Waals surface area (Å²) in [4.78, 5) is 11.0. The van der Waals surface area contributed by atoms with Crippen molar-refractivity contribution in [3.63, 3.8) is 0 Å². The second-order valence-corrected chi connectivity index (χ2v) is 3.69. The van der Waals surface area contributed by atoms with E-state index in [-0.39, 0.29) is 12.1 Å². The summed E-state index contributed by atoms with van der Waals surface area (Å²) in [5.41, 5.74) is 1.14. The third-order valence-electron chi connectivity index (χ3n) is 2.46. The highest BCUT2D eigenvalue weighted by molar-refractivity contribution is 5.70. The summed E-state index contributed by atoms with van der Waals surface area (Å²) < 4.78 is 5.18. The fraction of sp³-hybridized carbons (Fsp3) is 0.308. The lowest BCUT2D eigenvalue weighted by Crippen LogP contribution is -2.21. The van der Waals surface area contributed by atoms with Gasteiger partial charge in [-0.1, -0.05) is 36.4 Å². The fourth-order valence-corrected chi connectivity index (χ4v) is 1.65. The molecular formula is C13H14O2. The average Bonchev–Trinajstić information content (AvgIpc) is 2.28. The van der Waals surface area contributed by atoms with E-state index >= 15 is 0 Å². The van der Waals surface area contributed by atoms with Gasteiger partial charge in [-0.25, -0.2) is 0 Å². The molecule has 0 N–H and O–H groups in total. The highest BCUT2D eigenvalue weighted by Gasteiger charge is 2.17. The van der Waals surface area contributed by atoms with Gasteiger partial charge in [0.25, 0.3) is 0 Å². The molecular weight excluding hydrogens is 188 g/mol. The van der Waals surface area contributed by atoms with Crippen molar-refractivity contribution >= 4 is 12.0 Å². The van der Waals surface area contributed by atoms with Gasteiger partial charge in [-0.05, 0) is 24.5 Å². The van der Waals surface area contributed by atoms with Crippen molar-refractivity contribution in [1.82, 2.24) is 0 Å². The monoisotopic (exact) mass is 202 g/mol. The van der Waals surface area contributed by atoms with Gasteiger partial charge in [0.15, 0.2) is 0 Å². The Morgan fingerprint density at radius 3 is 2.80 bits per heavy atom. The molecule has 0 unspecified atom stereocenters. The van der Waals surface area contributed by atoms with Crippen LogP contribution < -0.4 is 0 Å². The van der Waals surface area contributed by atoms with Crippen LogP contribution in [0.1, 0.15) is 24.8 Å². The van der Waals surface area contributed by atoms with Crippen molar-refractivity contribution in [2.75, 3.05) is 0 Å². The summed E-state index contributed by atoms with van der Waals surface area (Å²) in [6, 6.07) is 10.0. The standard InChI is InChI=1S/C13H14O2/c14-13-8-4-7-12(15-13)10-9-11-5-2-1-3-6-11/h1-3,5-6,9-10,12H,4,7-8H2/b10-9+/t12-/m0/s1. The SMILES string of the molecule is O=C1CCC[C@@H](/C=C/c2ccccc2)O1. The van der Waals surface area contributed by atoms with Gasteiger partial charge in [0.1, 0.15) is 6.10 Å². The molecule has 0 aromatic heterocycles. The molecule has 1 atom stereocenters. The van der Waals surface area contributed by atoms with Gasteiger partial charge in [0.2, 0.25) is 0 Å². The van der Waals surface area contributed by atoms with Crippen molar-refractivity contribution < 1.29 is 9.53 Å². The molecule has 1 aliphatic heterocycles. The number of ether oxygens (including phenoxy) is 1. The van der Waals surface area contributed by atoms with Crippen LogP contribution in [0.2, 0.25) is 0 Å². The summed E-state index contributed by atoms with van der Waals surface area (Å²) in [6.45, 7) is 0. The topological polar surface area (TPSA) is 26.3 Å². The smallest absolute Gasteiger partial charge is 0.306 e. The van der Waals surface area contributed by atoms with Crippen molar-refractivity contribution in [3.05, 3.63) is 42.0 Å². The molecule has 78 valence electrons. The van der Waals surface area contributed by atoms with Gasteiger partial charge in [-0.2, -0.15) is 0 Å². The molecule has 1 saturated heterocycles. The normalized spacial score (nSPS) is 21.6. The van der Waals surface area contributed by atoms with Gasteiger partial charge in [0, 0.05) is 6.42 Å². The Morgan fingerprint density at radius 1 is 1.27 bits per heavy atom. The van der Waals surface area contributed by atoms with E-state index in [1.807, 2.05) is 42.5 Å². The third-order valence-corrected chi connectivity index (χ3v) is 2.46. The molecule has 0 radical (unpaired) electrons. The molecule has 1 fully saturated rings. The number of cyclic esters (lactones) is 1. The molecule has 1 aromatic rings. The lowest BCUT2D eigenvalue weighted by Gasteiger charge is -2.18. The van der Waals surface area contributed by atoms with Crippen molar-refractivity contribution in [2.24, 2.45) is 0 Å². The van der Waals surface area contributed by atoms with Crippen molar-refractivity contribution in [2.45, 2.75) is 25.4 Å². The number of benzene rings is 1. The Balaban J connectivity index is 1.96. The Labute approximate surface area is 89.6 Å². The lowest BCUT2D eigenvalue weighted by atomic mass is 10.1. The van der Waals surface area contributed by atoms with E-state index in [1.165, 1.54) is 0 Å². The molecule has 1 aliphatic rings. The largest absolute Gasteiger partial charge is 0.458 e. The highest BCUT2D eigenvalue weighted by atomic mass is 16.5. The molecule has 1 aromatic carbocycles. The number of hydrogen-bond acceptors (Lipinski definition) is 2. The maximum atomic E-state index is 11.0. The van der Waals surface area contributed by atoms with Crippen LogP contribution in [-0.2, 0) is 9.53 Å². The van der Waals surface area contributed by atoms with Crippen LogP contribution in [0.3, 0.4) is 0 Å². The van der Waals surface area contributed by atoms with E-state index in [0.29, 0.717) is 6.42 Å². The Kier molecular flexibility index (Phi) is 3.18. The molecule has 15 heavy (non-hydrogen) atoms. The molecule has 2 heteroatoms. The summed E-state index contributed by atoms with van der Waals surface area (Å²) in [7, 11) is 0. The van der Waals surface area contributed by atoms with E-state index in [1.54, 1.807) is 0 Å². The minimum absolute atomic E-state index is 0.0357. The van der Waals surface area contributed by atoms with Crippen LogP contribution in [0.25, 0.3) is 6.08 Å². The first-order valence-corrected chi connectivity index (χ1v) is 5.27. The van der Waals surface area contributed by atoms with E-state index in [4.69, 9.17) is 4.74 Å². The fourth-order valence-electron chi connectivity index (χ4n) is 1.65. The minimum atomic E-state index is -0.0797. The summed E-state index contributed by atoms with van der Waals surface area (Å²) in [5.74, 6) is -0.0797. The first-order valence-electron chi connectivity index (χ1n) is 5.27. The molecule has 0 bridgehead atoms. The first kappa shape index (κ1) is 9.97. The van der Waals surface area contributed by atoms with Crippen LogP contribution >= 0.6 is 0 Å². The van der Waals surface area contributed by atoms with Crippen LogP contribution in [0, 0.1) is 0 Å². The van der Waals surface area contributed by atoms with Crippen LogP contribution in [0.4, 0.5) is 0 Å². The van der Waals surface area contributed by atoms with E-state index in [0.717, 1.165) is 18.4 Å². The number of carbonyl (C=O) groups excluding carboxylic acids is 1. The molecule has 0 spiro atoms. The van der Waals surface area contributed by atoms with E-state index in [9.17, 15) is 4.79 Å². The zero-order chi connectivity index (χ0) is 10.5. The van der Waals surface area contributed by atoms with Crippen LogP contribution in [-0.4, -0.2) is 12.1 Å². The molecule has 1 heterocycles. The predicted molar refractivity (Wildman–Crippen MR) is 59.2 cm³/mol. The second kappa shape index (κ2) is 4.78. The zero-order valence-electron chi connectivity index (χ0n) is 8.56. The number of hydrogen-bond donors (Lipinski definition) is 0. The molecule has 0 amide bonds. The number of esters is 1. The van der Waals surface area contributed by atoms with Gasteiger partial charge in [0.05, 0.1) is 0 Å². The molecule has 0 saturated carbocycles. The Hall–Kier alpha value is -1.57. The quantitative estimate of drug-likeness (QED) is 0.689. The maximum absolute atomic E-state index is 11.0. The van der Waals surface area contributed by atoms with E-state index in [2.05, 4.69) is 0 Å². The van der Waals surface area contributed by atoms with Crippen LogP contribution in [0.15, 0.2) is 36.4 Å². The van der Waals surface area contributed by atoms with Crippen molar-refractivity contribution in [3.8, 4) is 0 Å². The third kappa shape index (κ3) is 2.94.